The fourth-order valence-electron chi connectivity index (χ4n) is 2.42. The van der Waals surface area contributed by atoms with E-state index in [0.717, 1.165) is 10.6 Å². The molecule has 5 nitrogen and oxygen atoms in total. The maximum Gasteiger partial charge on any atom is 0.267 e. The van der Waals surface area contributed by atoms with Crippen LogP contribution in [0.1, 0.15) is 13.0 Å². The molecule has 0 saturated carbocycles. The van der Waals surface area contributed by atoms with E-state index in [1.165, 1.54) is 15.6 Å². The van der Waals surface area contributed by atoms with Gasteiger partial charge in [-0.05, 0) is 36.6 Å². The molecule has 0 bridgehead atoms. The van der Waals surface area contributed by atoms with Crippen LogP contribution in [0, 0.1) is 0 Å². The molecule has 0 spiro atoms. The Labute approximate surface area is 143 Å². The predicted octanol–water partition coefficient (Wildman–Crippen LogP) is 3.20. The first-order valence-corrected chi connectivity index (χ1v) is 8.42. The molecule has 1 atom stereocenters. The van der Waals surface area contributed by atoms with Crippen molar-refractivity contribution in [2.45, 2.75) is 13.0 Å². The topological polar surface area (TPSA) is 55.2 Å². The van der Waals surface area contributed by atoms with Crippen LogP contribution >= 0.6 is 11.3 Å². The minimum absolute atomic E-state index is 0.195. The molecule has 0 aliphatic carbocycles. The molecular formula is C18H17N3O2S. The van der Waals surface area contributed by atoms with Crippen molar-refractivity contribution in [1.29, 1.82) is 0 Å². The predicted molar refractivity (Wildman–Crippen MR) is 96.4 cm³/mol. The third-order valence-corrected chi connectivity index (χ3v) is 4.69. The van der Waals surface area contributed by atoms with E-state index in [2.05, 4.69) is 5.10 Å². The van der Waals surface area contributed by atoms with E-state index in [-0.39, 0.29) is 11.5 Å². The minimum atomic E-state index is -0.692. The molecule has 122 valence electrons. The maximum absolute atomic E-state index is 12.7. The average Bonchev–Trinajstić information content (AvgIpc) is 3.15. The molecule has 3 aromatic rings. The second-order valence-electron chi connectivity index (χ2n) is 5.39. The number of hydrogen-bond donors (Lipinski definition) is 0. The van der Waals surface area contributed by atoms with Crippen molar-refractivity contribution in [2.75, 3.05) is 11.9 Å². The molecule has 0 saturated heterocycles. The first-order chi connectivity index (χ1) is 11.6. The number of thiophene rings is 1. The van der Waals surface area contributed by atoms with Gasteiger partial charge in [0.15, 0.2) is 0 Å². The Morgan fingerprint density at radius 2 is 1.88 bits per heavy atom. The number of hydrogen-bond acceptors (Lipinski definition) is 4. The summed E-state index contributed by atoms with van der Waals surface area (Å²) in [6, 6.07) is 15.6. The third kappa shape index (κ3) is 3.14. The average molecular weight is 339 g/mol. The lowest BCUT2D eigenvalue weighted by Crippen LogP contribution is -2.38. The van der Waals surface area contributed by atoms with E-state index in [9.17, 15) is 9.59 Å². The molecule has 1 amide bonds. The van der Waals surface area contributed by atoms with Crippen LogP contribution in [0.3, 0.4) is 0 Å². The van der Waals surface area contributed by atoms with E-state index >= 15 is 0 Å². The molecule has 0 fully saturated rings. The Balaban J connectivity index is 1.92. The monoisotopic (exact) mass is 339 g/mol. The van der Waals surface area contributed by atoms with Crippen LogP contribution in [-0.4, -0.2) is 22.7 Å². The minimum Gasteiger partial charge on any atom is -0.314 e. The lowest BCUT2D eigenvalue weighted by molar-refractivity contribution is -0.121. The zero-order valence-corrected chi connectivity index (χ0v) is 14.2. The van der Waals surface area contributed by atoms with Gasteiger partial charge in [-0.2, -0.15) is 5.10 Å². The number of likely N-dealkylation sites (N-methyl/N-ethyl adjacent to an activating group) is 1. The molecule has 24 heavy (non-hydrogen) atoms. The van der Waals surface area contributed by atoms with Gasteiger partial charge >= 0.3 is 0 Å². The van der Waals surface area contributed by atoms with Crippen LogP contribution in [0.4, 0.5) is 5.69 Å². The zero-order chi connectivity index (χ0) is 17.1. The fourth-order valence-corrected chi connectivity index (χ4v) is 3.11. The number of para-hydroxylation sites is 1. The summed E-state index contributed by atoms with van der Waals surface area (Å²) in [5, 5.41) is 6.33. The molecule has 0 N–H and O–H groups in total. The number of aromatic nitrogens is 2. The molecule has 0 aliphatic rings. The Morgan fingerprint density at radius 3 is 2.54 bits per heavy atom. The number of carbonyl (C=O) groups is 1. The van der Waals surface area contributed by atoms with Crippen LogP contribution in [0.5, 0.6) is 0 Å². The van der Waals surface area contributed by atoms with Gasteiger partial charge in [-0.15, -0.1) is 11.3 Å². The lowest BCUT2D eigenvalue weighted by Gasteiger charge is -2.22. The van der Waals surface area contributed by atoms with E-state index in [1.54, 1.807) is 31.4 Å². The van der Waals surface area contributed by atoms with Crippen LogP contribution in [-0.2, 0) is 4.79 Å². The molecule has 6 heteroatoms. The van der Waals surface area contributed by atoms with Crippen molar-refractivity contribution in [1.82, 2.24) is 9.78 Å². The molecule has 0 aliphatic heterocycles. The van der Waals surface area contributed by atoms with Gasteiger partial charge in [-0.25, -0.2) is 4.68 Å². The van der Waals surface area contributed by atoms with Gasteiger partial charge < -0.3 is 4.90 Å². The number of carbonyl (C=O) groups excluding carboxylic acids is 1. The summed E-state index contributed by atoms with van der Waals surface area (Å²) < 4.78 is 1.25. The first-order valence-electron chi connectivity index (χ1n) is 7.54. The summed E-state index contributed by atoms with van der Waals surface area (Å²) in [4.78, 5) is 27.4. The molecule has 0 radical (unpaired) electrons. The number of amides is 1. The van der Waals surface area contributed by atoms with Gasteiger partial charge in [-0.1, -0.05) is 24.3 Å². The Morgan fingerprint density at radius 1 is 1.12 bits per heavy atom. The highest BCUT2D eigenvalue weighted by molar-refractivity contribution is 7.13. The first kappa shape index (κ1) is 16.1. The Bertz CT molecular complexity index is 888. The van der Waals surface area contributed by atoms with Gasteiger partial charge in [-0.3, -0.25) is 9.59 Å². The summed E-state index contributed by atoms with van der Waals surface area (Å²) in [7, 11) is 1.70. The second kappa shape index (κ2) is 6.80. The van der Waals surface area contributed by atoms with Crippen LogP contribution < -0.4 is 10.5 Å². The van der Waals surface area contributed by atoms with Crippen LogP contribution in [0.2, 0.25) is 0 Å². The molecular weight excluding hydrogens is 322 g/mol. The van der Waals surface area contributed by atoms with Gasteiger partial charge in [0.2, 0.25) is 0 Å². The highest BCUT2D eigenvalue weighted by Crippen LogP contribution is 2.22. The number of anilines is 1. The summed E-state index contributed by atoms with van der Waals surface area (Å²) in [6.45, 7) is 1.69. The largest absolute Gasteiger partial charge is 0.314 e. The standard InChI is InChI=1S/C18H17N3O2S/c1-13(18(23)20(2)14-7-4-3-5-8-14)21-17(22)11-10-15(19-21)16-9-6-12-24-16/h3-13H,1-2H3. The summed E-state index contributed by atoms with van der Waals surface area (Å²) in [5.74, 6) is -0.195. The zero-order valence-electron chi connectivity index (χ0n) is 13.4. The van der Waals surface area contributed by atoms with Crippen molar-refractivity contribution in [2.24, 2.45) is 0 Å². The normalized spacial score (nSPS) is 11.9. The van der Waals surface area contributed by atoms with Gasteiger partial charge in [0.25, 0.3) is 11.5 Å². The van der Waals surface area contributed by atoms with Crippen molar-refractivity contribution in [3.8, 4) is 10.6 Å². The highest BCUT2D eigenvalue weighted by Gasteiger charge is 2.22. The van der Waals surface area contributed by atoms with Gasteiger partial charge in [0.1, 0.15) is 11.7 Å². The third-order valence-electron chi connectivity index (χ3n) is 3.80. The van der Waals surface area contributed by atoms with Crippen LogP contribution in [0.25, 0.3) is 10.6 Å². The SMILES string of the molecule is CC(C(=O)N(C)c1ccccc1)n1nc(-c2cccs2)ccc1=O. The fraction of sp³-hybridized carbons (Fsp3) is 0.167. The van der Waals surface area contributed by atoms with Crippen molar-refractivity contribution in [3.63, 3.8) is 0 Å². The molecule has 2 heterocycles. The number of rotatable bonds is 4. The van der Waals surface area contributed by atoms with Crippen LogP contribution in [0.15, 0.2) is 64.8 Å². The smallest absolute Gasteiger partial charge is 0.267 e. The number of nitrogens with zero attached hydrogens (tertiary/aromatic N) is 3. The maximum atomic E-state index is 12.7. The Hall–Kier alpha value is -2.73. The van der Waals surface area contributed by atoms with E-state index in [0.29, 0.717) is 5.69 Å². The van der Waals surface area contributed by atoms with E-state index in [4.69, 9.17) is 0 Å². The summed E-state index contributed by atoms with van der Waals surface area (Å²) in [6.07, 6.45) is 0. The van der Waals surface area contributed by atoms with Crippen molar-refractivity contribution in [3.05, 3.63) is 70.3 Å². The lowest BCUT2D eigenvalue weighted by atomic mass is 10.2. The summed E-state index contributed by atoms with van der Waals surface area (Å²) in [5.41, 5.74) is 1.17. The van der Waals surface area contributed by atoms with Crippen molar-refractivity contribution < 1.29 is 4.79 Å². The Kier molecular flexibility index (Phi) is 4.57. The van der Waals surface area contributed by atoms with E-state index in [1.807, 2.05) is 47.8 Å². The van der Waals surface area contributed by atoms with E-state index < -0.39 is 6.04 Å². The van der Waals surface area contributed by atoms with Crippen molar-refractivity contribution >= 4 is 22.9 Å². The quantitative estimate of drug-likeness (QED) is 0.733. The number of benzene rings is 1. The highest BCUT2D eigenvalue weighted by atomic mass is 32.1. The second-order valence-corrected chi connectivity index (χ2v) is 6.34. The van der Waals surface area contributed by atoms with Gasteiger partial charge in [0, 0.05) is 18.8 Å². The molecule has 2 aromatic heterocycles. The molecule has 1 aromatic carbocycles. The molecule has 1 unspecified atom stereocenters. The summed E-state index contributed by atoms with van der Waals surface area (Å²) >= 11 is 1.54. The molecule has 3 rings (SSSR count). The van der Waals surface area contributed by atoms with Gasteiger partial charge in [0.05, 0.1) is 4.88 Å².